The molecule has 14 heavy (non-hydrogen) atoms. The van der Waals surface area contributed by atoms with Crippen molar-refractivity contribution in [3.8, 4) is 0 Å². The number of carbonyl (C=O) groups is 1. The monoisotopic (exact) mass is 192 g/mol. The van der Waals surface area contributed by atoms with Crippen molar-refractivity contribution in [3.63, 3.8) is 0 Å². The average molecular weight is 192 g/mol. The van der Waals surface area contributed by atoms with Gasteiger partial charge in [-0.15, -0.1) is 0 Å². The highest BCUT2D eigenvalue weighted by Gasteiger charge is 2.24. The van der Waals surface area contributed by atoms with Gasteiger partial charge in [-0.3, -0.25) is 9.48 Å². The van der Waals surface area contributed by atoms with Crippen LogP contribution in [0.4, 0.5) is 0 Å². The number of carbonyl (C=O) groups excluding carboxylic acids is 1. The van der Waals surface area contributed by atoms with Gasteiger partial charge in [-0.25, -0.2) is 0 Å². The van der Waals surface area contributed by atoms with E-state index in [1.54, 1.807) is 6.20 Å². The molecule has 0 amide bonds. The van der Waals surface area contributed by atoms with Crippen molar-refractivity contribution < 1.29 is 4.79 Å². The summed E-state index contributed by atoms with van der Waals surface area (Å²) >= 11 is 0. The quantitative estimate of drug-likeness (QED) is 0.713. The SMILES string of the molecule is CCn1cc(CC(=O)CC2CC2)cn1. The summed E-state index contributed by atoms with van der Waals surface area (Å²) in [6, 6.07) is 0. The number of hydrogen-bond acceptors (Lipinski definition) is 2. The van der Waals surface area contributed by atoms with E-state index in [-0.39, 0.29) is 0 Å². The van der Waals surface area contributed by atoms with Crippen LogP contribution in [0, 0.1) is 5.92 Å². The molecule has 1 aromatic rings. The van der Waals surface area contributed by atoms with Gasteiger partial charge >= 0.3 is 0 Å². The molecular formula is C11H16N2O. The highest BCUT2D eigenvalue weighted by molar-refractivity contribution is 5.81. The van der Waals surface area contributed by atoms with Crippen LogP contribution < -0.4 is 0 Å². The Hall–Kier alpha value is -1.12. The first-order chi connectivity index (χ1) is 6.78. The molecule has 0 bridgehead atoms. The van der Waals surface area contributed by atoms with E-state index in [0.29, 0.717) is 18.1 Å². The lowest BCUT2D eigenvalue weighted by atomic mass is 10.1. The minimum absolute atomic E-state index is 0.364. The molecule has 0 radical (unpaired) electrons. The highest BCUT2D eigenvalue weighted by Crippen LogP contribution is 2.32. The zero-order valence-corrected chi connectivity index (χ0v) is 8.57. The van der Waals surface area contributed by atoms with Crippen LogP contribution in [0.5, 0.6) is 0 Å². The topological polar surface area (TPSA) is 34.9 Å². The third kappa shape index (κ3) is 2.44. The molecule has 0 unspecified atom stereocenters. The number of Topliss-reactive ketones (excluding diaryl/α,β-unsaturated/α-hetero) is 1. The highest BCUT2D eigenvalue weighted by atomic mass is 16.1. The first kappa shape index (κ1) is 9.44. The largest absolute Gasteiger partial charge is 0.299 e. The lowest BCUT2D eigenvalue weighted by Gasteiger charge is -1.95. The lowest BCUT2D eigenvalue weighted by molar-refractivity contribution is -0.118. The van der Waals surface area contributed by atoms with Crippen molar-refractivity contribution in [2.24, 2.45) is 5.92 Å². The minimum Gasteiger partial charge on any atom is -0.299 e. The van der Waals surface area contributed by atoms with E-state index in [2.05, 4.69) is 5.10 Å². The van der Waals surface area contributed by atoms with Crippen LogP contribution in [-0.2, 0) is 17.8 Å². The Kier molecular flexibility index (Phi) is 2.66. The number of rotatable bonds is 5. The Morgan fingerprint density at radius 1 is 1.64 bits per heavy atom. The van der Waals surface area contributed by atoms with Gasteiger partial charge in [0.25, 0.3) is 0 Å². The molecule has 1 heterocycles. The maximum Gasteiger partial charge on any atom is 0.137 e. The maximum absolute atomic E-state index is 11.5. The maximum atomic E-state index is 11.5. The second-order valence-corrected chi connectivity index (χ2v) is 4.07. The smallest absolute Gasteiger partial charge is 0.137 e. The minimum atomic E-state index is 0.364. The molecule has 0 saturated heterocycles. The Bertz CT molecular complexity index is 326. The summed E-state index contributed by atoms with van der Waals surface area (Å²) in [5.74, 6) is 1.06. The molecule has 1 aromatic heterocycles. The van der Waals surface area contributed by atoms with Crippen LogP contribution in [0.25, 0.3) is 0 Å². The van der Waals surface area contributed by atoms with Crippen LogP contribution >= 0.6 is 0 Å². The zero-order chi connectivity index (χ0) is 9.97. The second-order valence-electron chi connectivity index (χ2n) is 4.07. The molecule has 0 spiro atoms. The molecule has 2 rings (SSSR count). The Balaban J connectivity index is 1.85. The summed E-state index contributed by atoms with van der Waals surface area (Å²) in [4.78, 5) is 11.5. The summed E-state index contributed by atoms with van der Waals surface area (Å²) in [6.45, 7) is 2.92. The number of aryl methyl sites for hydroxylation is 1. The fourth-order valence-corrected chi connectivity index (χ4v) is 1.61. The molecule has 3 nitrogen and oxygen atoms in total. The number of nitrogens with zero attached hydrogens (tertiary/aromatic N) is 2. The molecule has 0 atom stereocenters. The van der Waals surface area contributed by atoms with Crippen molar-refractivity contribution in [2.45, 2.75) is 39.2 Å². The van der Waals surface area contributed by atoms with Crippen LogP contribution in [0.2, 0.25) is 0 Å². The summed E-state index contributed by atoms with van der Waals surface area (Å²) in [5, 5.41) is 4.15. The van der Waals surface area contributed by atoms with Gasteiger partial charge < -0.3 is 0 Å². The molecule has 1 fully saturated rings. The number of ketones is 1. The van der Waals surface area contributed by atoms with Crippen LogP contribution in [-0.4, -0.2) is 15.6 Å². The van der Waals surface area contributed by atoms with Gasteiger partial charge in [-0.2, -0.15) is 5.10 Å². The van der Waals surface area contributed by atoms with E-state index < -0.39 is 0 Å². The molecular weight excluding hydrogens is 176 g/mol. The summed E-state index contributed by atoms with van der Waals surface area (Å²) in [5.41, 5.74) is 1.05. The average Bonchev–Trinajstić information content (AvgIpc) is 2.83. The van der Waals surface area contributed by atoms with Gasteiger partial charge in [0.15, 0.2) is 0 Å². The lowest BCUT2D eigenvalue weighted by Crippen LogP contribution is -2.02. The van der Waals surface area contributed by atoms with E-state index in [9.17, 15) is 4.79 Å². The normalized spacial score (nSPS) is 15.8. The van der Waals surface area contributed by atoms with Crippen LogP contribution in [0.1, 0.15) is 31.7 Å². The van der Waals surface area contributed by atoms with Crippen molar-refractivity contribution in [1.82, 2.24) is 9.78 Å². The fourth-order valence-electron chi connectivity index (χ4n) is 1.61. The van der Waals surface area contributed by atoms with Gasteiger partial charge in [0.2, 0.25) is 0 Å². The molecule has 3 heteroatoms. The Labute approximate surface area is 84.1 Å². The van der Waals surface area contributed by atoms with E-state index in [1.807, 2.05) is 17.8 Å². The number of hydrogen-bond donors (Lipinski definition) is 0. The fraction of sp³-hybridized carbons (Fsp3) is 0.636. The standard InChI is InChI=1S/C11H16N2O/c1-2-13-8-10(7-12-13)6-11(14)5-9-3-4-9/h7-9H,2-6H2,1H3. The predicted molar refractivity (Wildman–Crippen MR) is 54.0 cm³/mol. The predicted octanol–water partition coefficient (Wildman–Crippen LogP) is 1.81. The molecule has 0 N–H and O–H groups in total. The Morgan fingerprint density at radius 3 is 3.00 bits per heavy atom. The first-order valence-electron chi connectivity index (χ1n) is 5.31. The van der Waals surface area contributed by atoms with Gasteiger partial charge in [0.1, 0.15) is 5.78 Å². The van der Waals surface area contributed by atoms with Crippen LogP contribution in [0.15, 0.2) is 12.4 Å². The zero-order valence-electron chi connectivity index (χ0n) is 8.57. The van der Waals surface area contributed by atoms with Gasteiger partial charge in [0.05, 0.1) is 6.20 Å². The molecule has 0 aromatic carbocycles. The Morgan fingerprint density at radius 2 is 2.43 bits per heavy atom. The summed E-state index contributed by atoms with van der Waals surface area (Å²) < 4.78 is 1.86. The first-order valence-corrected chi connectivity index (χ1v) is 5.31. The molecule has 0 aliphatic heterocycles. The molecule has 76 valence electrons. The third-order valence-electron chi connectivity index (χ3n) is 2.63. The molecule has 1 saturated carbocycles. The third-order valence-corrected chi connectivity index (χ3v) is 2.63. The summed E-state index contributed by atoms with van der Waals surface area (Å²) in [6.07, 6.45) is 7.60. The molecule has 1 aliphatic rings. The van der Waals surface area contributed by atoms with E-state index in [0.717, 1.165) is 18.5 Å². The van der Waals surface area contributed by atoms with Crippen molar-refractivity contribution in [3.05, 3.63) is 18.0 Å². The van der Waals surface area contributed by atoms with Crippen molar-refractivity contribution in [2.75, 3.05) is 0 Å². The van der Waals surface area contributed by atoms with Crippen molar-refractivity contribution >= 4 is 5.78 Å². The number of aromatic nitrogens is 2. The van der Waals surface area contributed by atoms with Gasteiger partial charge in [-0.05, 0) is 31.2 Å². The van der Waals surface area contributed by atoms with Crippen LogP contribution in [0.3, 0.4) is 0 Å². The summed E-state index contributed by atoms with van der Waals surface area (Å²) in [7, 11) is 0. The second kappa shape index (κ2) is 3.95. The van der Waals surface area contributed by atoms with E-state index in [1.165, 1.54) is 12.8 Å². The van der Waals surface area contributed by atoms with Crippen molar-refractivity contribution in [1.29, 1.82) is 0 Å². The van der Waals surface area contributed by atoms with Gasteiger partial charge in [-0.1, -0.05) is 0 Å². The van der Waals surface area contributed by atoms with E-state index >= 15 is 0 Å². The van der Waals surface area contributed by atoms with Gasteiger partial charge in [0, 0.05) is 25.6 Å². The van der Waals surface area contributed by atoms with E-state index in [4.69, 9.17) is 0 Å². The molecule has 1 aliphatic carbocycles.